The fourth-order valence-electron chi connectivity index (χ4n) is 2.13. The van der Waals surface area contributed by atoms with Crippen molar-refractivity contribution in [3.05, 3.63) is 11.8 Å². The van der Waals surface area contributed by atoms with Crippen LogP contribution >= 0.6 is 0 Å². The Bertz CT molecular complexity index is 520. The number of hydrogen-bond acceptors (Lipinski definition) is 4. The van der Waals surface area contributed by atoms with Crippen molar-refractivity contribution in [1.82, 2.24) is 10.2 Å². The third kappa shape index (κ3) is 5.61. The normalized spacial score (nSPS) is 21.7. The second-order valence-corrected chi connectivity index (χ2v) is 9.00. The molecule has 7 heteroatoms. The topological polar surface area (TPSA) is 75.7 Å². The van der Waals surface area contributed by atoms with Crippen LogP contribution in [0.15, 0.2) is 11.8 Å². The number of sulfone groups is 1. The molecule has 1 aliphatic rings. The van der Waals surface area contributed by atoms with Crippen molar-refractivity contribution in [1.29, 1.82) is 0 Å². The summed E-state index contributed by atoms with van der Waals surface area (Å²) in [7, 11) is -1.47. The van der Waals surface area contributed by atoms with Gasteiger partial charge in [-0.25, -0.2) is 13.2 Å². The third-order valence-electron chi connectivity index (χ3n) is 4.04. The molecule has 0 aromatic carbocycles. The van der Waals surface area contributed by atoms with Crippen LogP contribution in [0.4, 0.5) is 4.79 Å². The number of nitrogens with one attached hydrogen (secondary N) is 1. The number of urea groups is 1. The van der Waals surface area contributed by atoms with Crippen molar-refractivity contribution >= 4 is 15.9 Å². The van der Waals surface area contributed by atoms with Gasteiger partial charge in [0.05, 0.1) is 18.1 Å². The molecule has 1 saturated heterocycles. The minimum Gasteiger partial charge on any atom is -0.383 e. The first-order valence-corrected chi connectivity index (χ1v) is 9.32. The van der Waals surface area contributed by atoms with Gasteiger partial charge >= 0.3 is 6.03 Å². The Morgan fingerprint density at radius 2 is 2.05 bits per heavy atom. The van der Waals surface area contributed by atoms with Gasteiger partial charge in [-0.2, -0.15) is 0 Å². The summed E-state index contributed by atoms with van der Waals surface area (Å²) in [6.45, 7) is 8.92. The fraction of sp³-hybridized carbons (Fsp3) is 0.800. The maximum absolute atomic E-state index is 12.4. The van der Waals surface area contributed by atoms with E-state index in [0.29, 0.717) is 19.6 Å². The minimum absolute atomic E-state index is 0.0265. The standard InChI is InChI=1S/C15H28N2O4S/c1-12(15(2,3)4)10-16-14(18)17(7-8-21-5)13-6-9-22(19,20)11-13/h10,13H,6-9,11H2,1-5H3,(H,16,18)/b12-10+. The number of carbonyl (C=O) groups is 1. The number of rotatable bonds is 5. The quantitative estimate of drug-likeness (QED) is 0.833. The largest absolute Gasteiger partial charge is 0.383 e. The van der Waals surface area contributed by atoms with E-state index in [1.807, 2.05) is 6.92 Å². The minimum atomic E-state index is -3.03. The van der Waals surface area contributed by atoms with Crippen molar-refractivity contribution in [3.8, 4) is 0 Å². The molecule has 1 N–H and O–H groups in total. The molecule has 0 aromatic rings. The molecule has 0 bridgehead atoms. The molecule has 1 aliphatic heterocycles. The van der Waals surface area contributed by atoms with Crippen molar-refractivity contribution < 1.29 is 17.9 Å². The zero-order valence-electron chi connectivity index (χ0n) is 14.2. The predicted octanol–water partition coefficient (Wildman–Crippen LogP) is 1.78. The number of amides is 2. The highest BCUT2D eigenvalue weighted by molar-refractivity contribution is 7.91. The smallest absolute Gasteiger partial charge is 0.321 e. The first-order valence-electron chi connectivity index (χ1n) is 7.50. The Morgan fingerprint density at radius 3 is 2.50 bits per heavy atom. The van der Waals surface area contributed by atoms with Gasteiger partial charge in [-0.1, -0.05) is 26.3 Å². The molecule has 128 valence electrons. The summed E-state index contributed by atoms with van der Waals surface area (Å²) in [5.74, 6) is 0.178. The van der Waals surface area contributed by atoms with Crippen LogP contribution in [-0.2, 0) is 14.6 Å². The van der Waals surface area contributed by atoms with Gasteiger partial charge in [0, 0.05) is 25.9 Å². The van der Waals surface area contributed by atoms with Crippen LogP contribution in [0.3, 0.4) is 0 Å². The summed E-state index contributed by atoms with van der Waals surface area (Å²) in [5.41, 5.74) is 1.02. The zero-order valence-corrected chi connectivity index (χ0v) is 15.0. The Labute approximate surface area is 133 Å². The van der Waals surface area contributed by atoms with E-state index in [9.17, 15) is 13.2 Å². The highest BCUT2D eigenvalue weighted by Gasteiger charge is 2.34. The Balaban J connectivity index is 2.77. The molecule has 1 atom stereocenters. The second-order valence-electron chi connectivity index (χ2n) is 6.77. The van der Waals surface area contributed by atoms with Gasteiger partial charge in [-0.3, -0.25) is 0 Å². The van der Waals surface area contributed by atoms with Crippen LogP contribution in [0.5, 0.6) is 0 Å². The molecule has 1 fully saturated rings. The first-order chi connectivity index (χ1) is 10.1. The van der Waals surface area contributed by atoms with E-state index in [-0.39, 0.29) is 29.0 Å². The number of ether oxygens (including phenoxy) is 1. The van der Waals surface area contributed by atoms with E-state index in [2.05, 4.69) is 26.1 Å². The van der Waals surface area contributed by atoms with Crippen LogP contribution in [0, 0.1) is 5.41 Å². The molecule has 1 unspecified atom stereocenters. The first kappa shape index (κ1) is 19.0. The maximum atomic E-state index is 12.4. The molecule has 6 nitrogen and oxygen atoms in total. The van der Waals surface area contributed by atoms with Crippen LogP contribution in [0.2, 0.25) is 0 Å². The van der Waals surface area contributed by atoms with Crippen molar-refractivity contribution in [2.45, 2.75) is 40.2 Å². The molecule has 0 spiro atoms. The molecule has 1 heterocycles. The van der Waals surface area contributed by atoms with Crippen LogP contribution in [-0.4, -0.2) is 57.2 Å². The fourth-order valence-corrected chi connectivity index (χ4v) is 3.86. The van der Waals surface area contributed by atoms with Gasteiger partial charge in [0.2, 0.25) is 0 Å². The molecule has 0 aromatic heterocycles. The lowest BCUT2D eigenvalue weighted by Crippen LogP contribution is -2.47. The van der Waals surface area contributed by atoms with Crippen molar-refractivity contribution in [2.75, 3.05) is 31.8 Å². The highest BCUT2D eigenvalue weighted by Crippen LogP contribution is 2.23. The maximum Gasteiger partial charge on any atom is 0.321 e. The van der Waals surface area contributed by atoms with Crippen LogP contribution in [0.25, 0.3) is 0 Å². The molecule has 2 amide bonds. The molecular formula is C15H28N2O4S. The lowest BCUT2D eigenvalue weighted by molar-refractivity contribution is 0.135. The van der Waals surface area contributed by atoms with E-state index in [1.54, 1.807) is 18.2 Å². The summed E-state index contributed by atoms with van der Waals surface area (Å²) >= 11 is 0. The van der Waals surface area contributed by atoms with Crippen molar-refractivity contribution in [2.24, 2.45) is 5.41 Å². The molecular weight excluding hydrogens is 304 g/mol. The molecule has 1 rings (SSSR count). The Hall–Kier alpha value is -1.08. The summed E-state index contributed by atoms with van der Waals surface area (Å²) in [6.07, 6.45) is 2.19. The Kier molecular flexibility index (Phi) is 6.43. The van der Waals surface area contributed by atoms with Crippen LogP contribution in [0.1, 0.15) is 34.1 Å². The molecule has 22 heavy (non-hydrogen) atoms. The summed E-state index contributed by atoms with van der Waals surface area (Å²) < 4.78 is 28.3. The lowest BCUT2D eigenvalue weighted by Gasteiger charge is -2.28. The van der Waals surface area contributed by atoms with Gasteiger partial charge in [0.25, 0.3) is 0 Å². The van der Waals surface area contributed by atoms with Gasteiger partial charge in [0.15, 0.2) is 9.84 Å². The number of methoxy groups -OCH3 is 1. The number of allylic oxidation sites excluding steroid dienone is 1. The van der Waals surface area contributed by atoms with Gasteiger partial charge in [-0.05, 0) is 18.8 Å². The number of hydrogen-bond donors (Lipinski definition) is 1. The molecule has 0 aliphatic carbocycles. The van der Waals surface area contributed by atoms with Gasteiger partial charge in [-0.15, -0.1) is 0 Å². The summed E-state index contributed by atoms with van der Waals surface area (Å²) in [5, 5.41) is 2.78. The second kappa shape index (κ2) is 7.46. The summed E-state index contributed by atoms with van der Waals surface area (Å²) in [4.78, 5) is 14.0. The average molecular weight is 332 g/mol. The average Bonchev–Trinajstić information content (AvgIpc) is 2.75. The number of nitrogens with zero attached hydrogens (tertiary/aromatic N) is 1. The zero-order chi connectivity index (χ0) is 17.0. The lowest BCUT2D eigenvalue weighted by atomic mass is 9.88. The third-order valence-corrected chi connectivity index (χ3v) is 5.79. The molecule has 0 radical (unpaired) electrons. The molecule has 0 saturated carbocycles. The SMILES string of the molecule is COCCN(C(=O)N/C=C(\C)C(C)(C)C)C1CCS(=O)(=O)C1. The van der Waals surface area contributed by atoms with E-state index >= 15 is 0 Å². The van der Waals surface area contributed by atoms with Crippen molar-refractivity contribution in [3.63, 3.8) is 0 Å². The summed E-state index contributed by atoms with van der Waals surface area (Å²) in [6, 6.07) is -0.550. The van der Waals surface area contributed by atoms with E-state index < -0.39 is 9.84 Å². The highest BCUT2D eigenvalue weighted by atomic mass is 32.2. The number of carbonyl (C=O) groups excluding carboxylic acids is 1. The van der Waals surface area contributed by atoms with E-state index in [0.717, 1.165) is 5.57 Å². The van der Waals surface area contributed by atoms with E-state index in [4.69, 9.17) is 4.74 Å². The predicted molar refractivity (Wildman–Crippen MR) is 87.4 cm³/mol. The van der Waals surface area contributed by atoms with Gasteiger partial charge < -0.3 is 15.0 Å². The monoisotopic (exact) mass is 332 g/mol. The van der Waals surface area contributed by atoms with Crippen LogP contribution < -0.4 is 5.32 Å². The Morgan fingerprint density at radius 1 is 1.41 bits per heavy atom. The van der Waals surface area contributed by atoms with E-state index in [1.165, 1.54) is 0 Å². The van der Waals surface area contributed by atoms with Gasteiger partial charge in [0.1, 0.15) is 0 Å².